The van der Waals surface area contributed by atoms with Crippen molar-refractivity contribution < 1.29 is 4.74 Å². The Morgan fingerprint density at radius 1 is 1.69 bits per heavy atom. The van der Waals surface area contributed by atoms with Gasteiger partial charge in [0.15, 0.2) is 5.82 Å². The highest BCUT2D eigenvalue weighted by Gasteiger charge is 2.15. The largest absolute Gasteiger partial charge is 0.381 e. The normalized spacial score (nSPS) is 22.3. The van der Waals surface area contributed by atoms with Crippen molar-refractivity contribution >= 4 is 5.82 Å². The summed E-state index contributed by atoms with van der Waals surface area (Å²) in [6.07, 6.45) is 5.51. The van der Waals surface area contributed by atoms with E-state index in [1.54, 1.807) is 10.9 Å². The van der Waals surface area contributed by atoms with Crippen LogP contribution < -0.4 is 5.73 Å². The highest BCUT2D eigenvalue weighted by atomic mass is 16.5. The van der Waals surface area contributed by atoms with E-state index in [0.29, 0.717) is 11.9 Å². The zero-order chi connectivity index (χ0) is 9.10. The highest BCUT2D eigenvalue weighted by Crippen LogP contribution is 2.15. The maximum Gasteiger partial charge on any atom is 0.165 e. The first-order chi connectivity index (χ1) is 6.34. The Morgan fingerprint density at radius 3 is 3.23 bits per heavy atom. The van der Waals surface area contributed by atoms with Crippen LogP contribution in [0.1, 0.15) is 19.3 Å². The summed E-state index contributed by atoms with van der Waals surface area (Å²) in [6.45, 7) is 1.75. The number of ether oxygens (including phenoxy) is 1. The third kappa shape index (κ3) is 2.18. The zero-order valence-electron chi connectivity index (χ0n) is 7.52. The smallest absolute Gasteiger partial charge is 0.165 e. The van der Waals surface area contributed by atoms with Gasteiger partial charge in [0.25, 0.3) is 0 Å². The first-order valence-corrected chi connectivity index (χ1v) is 4.62. The average Bonchev–Trinajstić information content (AvgIpc) is 2.71. The van der Waals surface area contributed by atoms with E-state index in [1.165, 1.54) is 12.8 Å². The summed E-state index contributed by atoms with van der Waals surface area (Å²) in [7, 11) is 0. The Bertz CT molecular complexity index is 267. The van der Waals surface area contributed by atoms with Crippen molar-refractivity contribution in [2.45, 2.75) is 31.9 Å². The number of aromatic nitrogens is 3. The number of nitrogens with two attached hydrogens (primary N) is 1. The maximum atomic E-state index is 5.49. The first-order valence-electron chi connectivity index (χ1n) is 4.62. The fourth-order valence-electron chi connectivity index (χ4n) is 1.57. The standard InChI is InChI=1S/C8H14N4O/c9-8-6-12(11-10-8)4-3-7-2-1-5-13-7/h6-7H,1-5,9H2. The van der Waals surface area contributed by atoms with Crippen LogP contribution in [0.5, 0.6) is 0 Å². The highest BCUT2D eigenvalue weighted by molar-refractivity contribution is 5.19. The average molecular weight is 182 g/mol. The molecule has 2 rings (SSSR count). The number of anilines is 1. The van der Waals surface area contributed by atoms with Gasteiger partial charge in [-0.25, -0.2) is 0 Å². The predicted molar refractivity (Wildman–Crippen MR) is 48.0 cm³/mol. The molecule has 0 bridgehead atoms. The van der Waals surface area contributed by atoms with Gasteiger partial charge in [-0.15, -0.1) is 5.10 Å². The van der Waals surface area contributed by atoms with Crippen molar-refractivity contribution in [3.05, 3.63) is 6.20 Å². The summed E-state index contributed by atoms with van der Waals surface area (Å²) in [5.74, 6) is 0.479. The number of nitrogen functional groups attached to an aromatic ring is 1. The molecule has 1 aromatic heterocycles. The Kier molecular flexibility index (Phi) is 2.44. The van der Waals surface area contributed by atoms with Gasteiger partial charge in [0.2, 0.25) is 0 Å². The maximum absolute atomic E-state index is 5.49. The minimum absolute atomic E-state index is 0.408. The summed E-state index contributed by atoms with van der Waals surface area (Å²) in [5.41, 5.74) is 5.44. The molecule has 1 unspecified atom stereocenters. The molecule has 1 aliphatic heterocycles. The molecule has 72 valence electrons. The molecular weight excluding hydrogens is 168 g/mol. The molecule has 0 spiro atoms. The lowest BCUT2D eigenvalue weighted by atomic mass is 10.2. The lowest BCUT2D eigenvalue weighted by Gasteiger charge is -2.07. The van der Waals surface area contributed by atoms with Gasteiger partial charge >= 0.3 is 0 Å². The third-order valence-corrected chi connectivity index (χ3v) is 2.26. The van der Waals surface area contributed by atoms with Crippen molar-refractivity contribution in [2.75, 3.05) is 12.3 Å². The van der Waals surface area contributed by atoms with E-state index in [2.05, 4.69) is 10.3 Å². The molecule has 5 nitrogen and oxygen atoms in total. The molecule has 1 saturated heterocycles. The molecule has 13 heavy (non-hydrogen) atoms. The van der Waals surface area contributed by atoms with E-state index >= 15 is 0 Å². The van der Waals surface area contributed by atoms with Gasteiger partial charge in [0, 0.05) is 13.2 Å². The molecule has 0 aliphatic carbocycles. The van der Waals surface area contributed by atoms with Crippen LogP contribution >= 0.6 is 0 Å². The third-order valence-electron chi connectivity index (χ3n) is 2.26. The van der Waals surface area contributed by atoms with Crippen molar-refractivity contribution in [3.8, 4) is 0 Å². The van der Waals surface area contributed by atoms with Crippen LogP contribution in [-0.2, 0) is 11.3 Å². The van der Waals surface area contributed by atoms with Gasteiger partial charge in [-0.1, -0.05) is 5.21 Å². The number of hydrogen-bond acceptors (Lipinski definition) is 4. The van der Waals surface area contributed by atoms with E-state index in [1.807, 2.05) is 0 Å². The SMILES string of the molecule is Nc1cn(CCC2CCCO2)nn1. The van der Waals surface area contributed by atoms with Crippen LogP contribution in [0, 0.1) is 0 Å². The van der Waals surface area contributed by atoms with Gasteiger partial charge in [-0.3, -0.25) is 4.68 Å². The van der Waals surface area contributed by atoms with Crippen molar-refractivity contribution in [2.24, 2.45) is 0 Å². The molecule has 1 fully saturated rings. The van der Waals surface area contributed by atoms with Gasteiger partial charge in [0.05, 0.1) is 12.3 Å². The van der Waals surface area contributed by atoms with Crippen LogP contribution in [0.15, 0.2) is 6.20 Å². The van der Waals surface area contributed by atoms with Crippen LogP contribution in [0.2, 0.25) is 0 Å². The number of rotatable bonds is 3. The summed E-state index contributed by atoms with van der Waals surface area (Å²) in [6, 6.07) is 0. The zero-order valence-corrected chi connectivity index (χ0v) is 7.52. The van der Waals surface area contributed by atoms with Gasteiger partial charge < -0.3 is 10.5 Å². The molecule has 0 saturated carbocycles. The van der Waals surface area contributed by atoms with Gasteiger partial charge in [-0.05, 0) is 19.3 Å². The molecule has 0 radical (unpaired) electrons. The lowest BCUT2D eigenvalue weighted by molar-refractivity contribution is 0.0993. The van der Waals surface area contributed by atoms with Crippen LogP contribution in [0.25, 0.3) is 0 Å². The van der Waals surface area contributed by atoms with Crippen LogP contribution in [0.4, 0.5) is 5.82 Å². The van der Waals surface area contributed by atoms with E-state index < -0.39 is 0 Å². The van der Waals surface area contributed by atoms with Crippen LogP contribution in [-0.4, -0.2) is 27.7 Å². The van der Waals surface area contributed by atoms with Crippen molar-refractivity contribution in [1.82, 2.24) is 15.0 Å². The Morgan fingerprint density at radius 2 is 2.62 bits per heavy atom. The quantitative estimate of drug-likeness (QED) is 0.736. The minimum atomic E-state index is 0.408. The predicted octanol–water partition coefficient (Wildman–Crippen LogP) is 0.429. The second kappa shape index (κ2) is 3.74. The topological polar surface area (TPSA) is 66.0 Å². The summed E-state index contributed by atoms with van der Waals surface area (Å²) < 4.78 is 7.25. The van der Waals surface area contributed by atoms with E-state index in [0.717, 1.165) is 19.6 Å². The monoisotopic (exact) mass is 182 g/mol. The fourth-order valence-corrected chi connectivity index (χ4v) is 1.57. The summed E-state index contributed by atoms with van der Waals surface area (Å²) in [4.78, 5) is 0. The second-order valence-electron chi connectivity index (χ2n) is 3.33. The number of hydrogen-bond donors (Lipinski definition) is 1. The molecule has 2 N–H and O–H groups in total. The van der Waals surface area contributed by atoms with Gasteiger partial charge in [-0.2, -0.15) is 0 Å². The number of nitrogens with zero attached hydrogens (tertiary/aromatic N) is 3. The Hall–Kier alpha value is -1.10. The van der Waals surface area contributed by atoms with Crippen LogP contribution in [0.3, 0.4) is 0 Å². The first kappa shape index (κ1) is 8.50. The fraction of sp³-hybridized carbons (Fsp3) is 0.750. The molecule has 0 amide bonds. The molecule has 1 atom stereocenters. The van der Waals surface area contributed by atoms with E-state index in [-0.39, 0.29) is 0 Å². The lowest BCUT2D eigenvalue weighted by Crippen LogP contribution is -2.10. The molecular formula is C8H14N4O. The summed E-state index contributed by atoms with van der Waals surface area (Å²) in [5, 5.41) is 7.57. The molecule has 2 heterocycles. The Labute approximate surface area is 76.9 Å². The van der Waals surface area contributed by atoms with Gasteiger partial charge in [0.1, 0.15) is 0 Å². The summed E-state index contributed by atoms with van der Waals surface area (Å²) >= 11 is 0. The molecule has 1 aliphatic rings. The van der Waals surface area contributed by atoms with Crippen molar-refractivity contribution in [3.63, 3.8) is 0 Å². The van der Waals surface area contributed by atoms with E-state index in [9.17, 15) is 0 Å². The van der Waals surface area contributed by atoms with Crippen molar-refractivity contribution in [1.29, 1.82) is 0 Å². The van der Waals surface area contributed by atoms with E-state index in [4.69, 9.17) is 10.5 Å². The Balaban J connectivity index is 1.78. The molecule has 0 aromatic carbocycles. The second-order valence-corrected chi connectivity index (χ2v) is 3.33. The molecule has 1 aromatic rings. The number of aryl methyl sites for hydroxylation is 1. The molecule has 5 heteroatoms. The minimum Gasteiger partial charge on any atom is -0.381 e.